The maximum atomic E-state index is 13.9. The van der Waals surface area contributed by atoms with E-state index in [1.54, 1.807) is 18.9 Å². The highest BCUT2D eigenvalue weighted by molar-refractivity contribution is 6.00. The molecule has 9 nitrogen and oxygen atoms in total. The van der Waals surface area contributed by atoms with Crippen LogP contribution in [-0.2, 0) is 22.6 Å². The van der Waals surface area contributed by atoms with Gasteiger partial charge < -0.3 is 31.3 Å². The lowest BCUT2D eigenvalue weighted by molar-refractivity contribution is -0.128. The number of para-hydroxylation sites is 2. The molecule has 1 aliphatic rings. The zero-order valence-corrected chi connectivity index (χ0v) is 24.7. The molecule has 0 saturated heterocycles. The molecule has 0 unspecified atom stereocenters. The molecule has 0 aliphatic carbocycles. The number of amides is 4. The third kappa shape index (κ3) is 7.96. The van der Waals surface area contributed by atoms with Crippen molar-refractivity contribution in [2.45, 2.75) is 64.3 Å². The van der Waals surface area contributed by atoms with E-state index in [9.17, 15) is 19.5 Å². The Morgan fingerprint density at radius 3 is 2.43 bits per heavy atom. The lowest BCUT2D eigenvalue weighted by Crippen LogP contribution is -2.51. The molecule has 0 aromatic heterocycles. The summed E-state index contributed by atoms with van der Waals surface area (Å²) in [7, 11) is 1.57. The highest BCUT2D eigenvalue weighted by Gasteiger charge is 2.32. The molecule has 0 saturated carbocycles. The lowest BCUT2D eigenvalue weighted by Gasteiger charge is -2.29. The van der Waals surface area contributed by atoms with Gasteiger partial charge in [0.1, 0.15) is 6.04 Å². The van der Waals surface area contributed by atoms with Gasteiger partial charge in [0.25, 0.3) is 0 Å². The Labute approximate surface area is 247 Å². The number of β-amino-alcohol motifs (C(OH)–C–C–N with tert-alkyl or cyclic N) is 1. The smallest absolute Gasteiger partial charge is 0.318 e. The minimum Gasteiger partial charge on any atom is -0.392 e. The summed E-state index contributed by atoms with van der Waals surface area (Å²) in [6, 6.07) is 22.4. The average Bonchev–Trinajstić information content (AvgIpc) is 3.09. The van der Waals surface area contributed by atoms with Crippen LogP contribution in [0.4, 0.5) is 16.2 Å². The molecule has 1 aliphatic heterocycles. The van der Waals surface area contributed by atoms with Crippen LogP contribution in [0, 0.1) is 0 Å². The SMILES string of the molecule is CNC(=O)Nc1ccccc1-c1ccc(CN2C(=O)[C@H](NC(=O)CC(C)(C)NC[C@H](C)O)CCc3ccccc32)cc1. The van der Waals surface area contributed by atoms with Gasteiger partial charge in [-0.3, -0.25) is 9.59 Å². The molecule has 2 atom stereocenters. The van der Waals surface area contributed by atoms with E-state index in [-0.39, 0.29) is 24.3 Å². The number of anilines is 2. The van der Waals surface area contributed by atoms with E-state index in [4.69, 9.17) is 0 Å². The summed E-state index contributed by atoms with van der Waals surface area (Å²) in [4.78, 5) is 40.6. The molecule has 0 spiro atoms. The van der Waals surface area contributed by atoms with Gasteiger partial charge in [-0.2, -0.15) is 0 Å². The zero-order valence-electron chi connectivity index (χ0n) is 24.7. The van der Waals surface area contributed by atoms with Crippen LogP contribution in [0.3, 0.4) is 0 Å². The molecule has 1 heterocycles. The third-order valence-electron chi connectivity index (χ3n) is 7.37. The van der Waals surface area contributed by atoms with E-state index in [0.717, 1.165) is 27.9 Å². The third-order valence-corrected chi connectivity index (χ3v) is 7.37. The van der Waals surface area contributed by atoms with E-state index in [1.807, 2.05) is 86.6 Å². The van der Waals surface area contributed by atoms with Crippen LogP contribution in [-0.4, -0.2) is 54.2 Å². The summed E-state index contributed by atoms with van der Waals surface area (Å²) in [6.07, 6.45) is 0.828. The fourth-order valence-corrected chi connectivity index (χ4v) is 5.15. The Bertz CT molecular complexity index is 1400. The van der Waals surface area contributed by atoms with Crippen LogP contribution < -0.4 is 26.2 Å². The molecule has 222 valence electrons. The Morgan fingerprint density at radius 2 is 1.71 bits per heavy atom. The van der Waals surface area contributed by atoms with Gasteiger partial charge in [0.15, 0.2) is 0 Å². The number of carbonyl (C=O) groups excluding carboxylic acids is 3. The predicted molar refractivity (Wildman–Crippen MR) is 166 cm³/mol. The quantitative estimate of drug-likeness (QED) is 0.250. The van der Waals surface area contributed by atoms with Gasteiger partial charge in [-0.25, -0.2) is 4.79 Å². The first kappa shape index (κ1) is 30.7. The van der Waals surface area contributed by atoms with Crippen molar-refractivity contribution in [2.75, 3.05) is 23.8 Å². The number of hydrogen-bond donors (Lipinski definition) is 5. The van der Waals surface area contributed by atoms with Crippen molar-refractivity contribution >= 4 is 29.2 Å². The molecule has 42 heavy (non-hydrogen) atoms. The molecule has 0 fully saturated rings. The Morgan fingerprint density at radius 1 is 1.02 bits per heavy atom. The summed E-state index contributed by atoms with van der Waals surface area (Å²) >= 11 is 0. The molecule has 4 amide bonds. The first-order chi connectivity index (χ1) is 20.1. The highest BCUT2D eigenvalue weighted by atomic mass is 16.3. The van der Waals surface area contributed by atoms with Crippen molar-refractivity contribution < 1.29 is 19.5 Å². The van der Waals surface area contributed by atoms with Crippen molar-refractivity contribution in [1.29, 1.82) is 0 Å². The number of urea groups is 1. The lowest BCUT2D eigenvalue weighted by atomic mass is 9.99. The van der Waals surface area contributed by atoms with Crippen molar-refractivity contribution in [3.63, 3.8) is 0 Å². The highest BCUT2D eigenvalue weighted by Crippen LogP contribution is 2.31. The van der Waals surface area contributed by atoms with Crippen LogP contribution in [0.2, 0.25) is 0 Å². The van der Waals surface area contributed by atoms with E-state index in [1.165, 1.54) is 0 Å². The maximum absolute atomic E-state index is 13.9. The zero-order chi connectivity index (χ0) is 30.3. The Balaban J connectivity index is 1.52. The topological polar surface area (TPSA) is 123 Å². The molecular weight excluding hydrogens is 530 g/mol. The van der Waals surface area contributed by atoms with Gasteiger partial charge >= 0.3 is 6.03 Å². The average molecular weight is 572 g/mol. The van der Waals surface area contributed by atoms with Crippen molar-refractivity contribution in [3.05, 3.63) is 83.9 Å². The molecule has 5 N–H and O–H groups in total. The molecule has 3 aromatic rings. The van der Waals surface area contributed by atoms with Crippen LogP contribution in [0.15, 0.2) is 72.8 Å². The van der Waals surface area contributed by atoms with Gasteiger partial charge in [-0.1, -0.05) is 60.7 Å². The monoisotopic (exact) mass is 571 g/mol. The number of nitrogens with zero attached hydrogens (tertiary/aromatic N) is 1. The first-order valence-corrected chi connectivity index (χ1v) is 14.3. The largest absolute Gasteiger partial charge is 0.392 e. The van der Waals surface area contributed by atoms with Crippen LogP contribution in [0.1, 0.15) is 44.7 Å². The minimum atomic E-state index is -0.653. The van der Waals surface area contributed by atoms with Crippen molar-refractivity contribution in [1.82, 2.24) is 16.0 Å². The van der Waals surface area contributed by atoms with E-state index in [0.29, 0.717) is 31.6 Å². The van der Waals surface area contributed by atoms with Crippen molar-refractivity contribution in [3.8, 4) is 11.1 Å². The molecule has 4 rings (SSSR count). The first-order valence-electron chi connectivity index (χ1n) is 14.3. The van der Waals surface area contributed by atoms with Gasteiger partial charge in [0.05, 0.1) is 18.3 Å². The summed E-state index contributed by atoms with van der Waals surface area (Å²) < 4.78 is 0. The fraction of sp³-hybridized carbons (Fsp3) is 0.364. The van der Waals surface area contributed by atoms with Gasteiger partial charge in [-0.15, -0.1) is 0 Å². The summed E-state index contributed by atoms with van der Waals surface area (Å²) in [5, 5.41) is 21.2. The number of aliphatic hydroxyl groups is 1. The summed E-state index contributed by atoms with van der Waals surface area (Å²) in [5.41, 5.74) is 4.84. The molecule has 9 heteroatoms. The second-order valence-corrected chi connectivity index (χ2v) is 11.4. The Hall–Kier alpha value is -4.21. The number of hydrogen-bond acceptors (Lipinski definition) is 5. The van der Waals surface area contributed by atoms with E-state index in [2.05, 4.69) is 21.3 Å². The molecular formula is C33H41N5O4. The van der Waals surface area contributed by atoms with E-state index >= 15 is 0 Å². The number of fused-ring (bicyclic) bond motifs is 1. The number of rotatable bonds is 10. The summed E-state index contributed by atoms with van der Waals surface area (Å²) in [5.74, 6) is -0.358. The normalized spacial score (nSPS) is 15.8. The number of nitrogens with one attached hydrogen (secondary N) is 4. The standard InChI is InChI=1S/C33H41N5O4/c1-22(39)20-35-33(2,3)19-30(40)36-28-18-17-25-9-5-8-12-29(25)38(31(28)41)21-23-13-15-24(16-14-23)26-10-6-7-11-27(26)37-32(42)34-4/h5-16,22,28,35,39H,17-21H2,1-4H3,(H,36,40)(H2,34,37,42)/t22-,28+/m0/s1. The maximum Gasteiger partial charge on any atom is 0.318 e. The number of aliphatic hydroxyl groups excluding tert-OH is 1. The second kappa shape index (κ2) is 13.6. The number of benzene rings is 3. The van der Waals surface area contributed by atoms with Crippen LogP contribution >= 0.6 is 0 Å². The van der Waals surface area contributed by atoms with Crippen molar-refractivity contribution in [2.24, 2.45) is 0 Å². The number of carbonyl (C=O) groups is 3. The minimum absolute atomic E-state index is 0.146. The van der Waals surface area contributed by atoms with Crippen LogP contribution in [0.25, 0.3) is 11.1 Å². The Kier molecular flexibility index (Phi) is 9.98. The predicted octanol–water partition coefficient (Wildman–Crippen LogP) is 4.21. The summed E-state index contributed by atoms with van der Waals surface area (Å²) in [6.45, 7) is 6.23. The molecule has 0 radical (unpaired) electrons. The van der Waals surface area contributed by atoms with Crippen LogP contribution in [0.5, 0.6) is 0 Å². The number of aryl methyl sites for hydroxylation is 1. The second-order valence-electron chi connectivity index (χ2n) is 11.4. The van der Waals surface area contributed by atoms with E-state index < -0.39 is 17.7 Å². The molecule has 0 bridgehead atoms. The van der Waals surface area contributed by atoms with Gasteiger partial charge in [0.2, 0.25) is 11.8 Å². The van der Waals surface area contributed by atoms with Gasteiger partial charge in [-0.05, 0) is 62.4 Å². The fourth-order valence-electron chi connectivity index (χ4n) is 5.15. The molecule has 3 aromatic carbocycles. The van der Waals surface area contributed by atoms with Gasteiger partial charge in [0, 0.05) is 36.8 Å².